The number of hydrogen-bond donors (Lipinski definition) is 1. The summed E-state index contributed by atoms with van der Waals surface area (Å²) >= 11 is 6.27. The molecule has 110 valence electrons. The molecule has 5 nitrogen and oxygen atoms in total. The van der Waals surface area contributed by atoms with Crippen LogP contribution in [0.3, 0.4) is 0 Å². The topological polar surface area (TPSA) is 70.5 Å². The zero-order valence-electron chi connectivity index (χ0n) is 11.5. The Bertz CT molecular complexity index is 614. The number of carbonyl (C=O) groups excluding carboxylic acids is 1. The highest BCUT2D eigenvalue weighted by atomic mass is 32.2. The second-order valence-corrected chi connectivity index (χ2v) is 6.51. The number of rotatable bonds is 4. The molecule has 7 heteroatoms. The van der Waals surface area contributed by atoms with Crippen LogP contribution in [0.15, 0.2) is 29.3 Å². The SMILES string of the molecule is CC(C)C(C(=O)O)N1C(=O)C(=Cc2ccccn2)SC1=S. The number of nitrogens with zero attached hydrogens (tertiary/aromatic N) is 2. The first kappa shape index (κ1) is 15.7. The van der Waals surface area contributed by atoms with Crippen LogP contribution in [0, 0.1) is 5.92 Å². The molecule has 1 aromatic heterocycles. The molecule has 1 aromatic rings. The molecule has 0 saturated carbocycles. The fourth-order valence-corrected chi connectivity index (χ4v) is 3.32. The Morgan fingerprint density at radius 3 is 2.71 bits per heavy atom. The number of carboxylic acid groups (broad SMARTS) is 1. The summed E-state index contributed by atoms with van der Waals surface area (Å²) in [5.74, 6) is -1.67. The van der Waals surface area contributed by atoms with E-state index in [0.717, 1.165) is 11.8 Å². The molecule has 0 aromatic carbocycles. The molecule has 1 atom stereocenters. The third kappa shape index (κ3) is 3.30. The molecule has 1 amide bonds. The third-order valence-electron chi connectivity index (χ3n) is 2.95. The van der Waals surface area contributed by atoms with Gasteiger partial charge in [-0.3, -0.25) is 14.7 Å². The maximum absolute atomic E-state index is 12.4. The van der Waals surface area contributed by atoms with Crippen LogP contribution in [0.5, 0.6) is 0 Å². The number of thiocarbonyl (C=S) groups is 1. The van der Waals surface area contributed by atoms with Crippen LogP contribution in [-0.2, 0) is 9.59 Å². The van der Waals surface area contributed by atoms with E-state index >= 15 is 0 Å². The molecule has 1 aliphatic heterocycles. The largest absolute Gasteiger partial charge is 0.480 e. The second kappa shape index (κ2) is 6.36. The predicted molar refractivity (Wildman–Crippen MR) is 85.5 cm³/mol. The summed E-state index contributed by atoms with van der Waals surface area (Å²) in [6, 6.07) is 4.41. The van der Waals surface area contributed by atoms with Crippen molar-refractivity contribution in [2.45, 2.75) is 19.9 Å². The van der Waals surface area contributed by atoms with Crippen molar-refractivity contribution in [3.05, 3.63) is 35.0 Å². The summed E-state index contributed by atoms with van der Waals surface area (Å²) in [7, 11) is 0. The monoisotopic (exact) mass is 322 g/mol. The van der Waals surface area contributed by atoms with E-state index in [1.54, 1.807) is 38.3 Å². The maximum Gasteiger partial charge on any atom is 0.327 e. The number of pyridine rings is 1. The summed E-state index contributed by atoms with van der Waals surface area (Å²) in [6.07, 6.45) is 3.25. The molecule has 0 spiro atoms. The Morgan fingerprint density at radius 2 is 2.19 bits per heavy atom. The van der Waals surface area contributed by atoms with E-state index in [1.165, 1.54) is 4.90 Å². The minimum Gasteiger partial charge on any atom is -0.480 e. The van der Waals surface area contributed by atoms with E-state index in [0.29, 0.717) is 10.6 Å². The Labute approximate surface area is 132 Å². The first-order valence-corrected chi connectivity index (χ1v) is 7.55. The van der Waals surface area contributed by atoms with E-state index < -0.39 is 12.0 Å². The Hall–Kier alpha value is -1.73. The van der Waals surface area contributed by atoms with Gasteiger partial charge in [-0.25, -0.2) is 4.79 Å². The van der Waals surface area contributed by atoms with Crippen LogP contribution in [0.1, 0.15) is 19.5 Å². The van der Waals surface area contributed by atoms with Crippen molar-refractivity contribution in [2.24, 2.45) is 5.92 Å². The lowest BCUT2D eigenvalue weighted by Crippen LogP contribution is -2.47. The lowest BCUT2D eigenvalue weighted by Gasteiger charge is -2.26. The molecule has 2 heterocycles. The number of amides is 1. The smallest absolute Gasteiger partial charge is 0.327 e. The van der Waals surface area contributed by atoms with E-state index in [2.05, 4.69) is 4.98 Å². The van der Waals surface area contributed by atoms with Gasteiger partial charge in [-0.2, -0.15) is 0 Å². The van der Waals surface area contributed by atoms with Gasteiger partial charge in [0.15, 0.2) is 0 Å². The molecule has 1 aliphatic rings. The van der Waals surface area contributed by atoms with E-state index in [1.807, 2.05) is 6.07 Å². The van der Waals surface area contributed by atoms with Crippen molar-refractivity contribution >= 4 is 46.3 Å². The minimum absolute atomic E-state index is 0.237. The van der Waals surface area contributed by atoms with Crippen molar-refractivity contribution in [1.82, 2.24) is 9.88 Å². The van der Waals surface area contributed by atoms with Gasteiger partial charge in [0, 0.05) is 6.20 Å². The molecule has 2 rings (SSSR count). The van der Waals surface area contributed by atoms with Crippen molar-refractivity contribution in [3.63, 3.8) is 0 Å². The minimum atomic E-state index is -1.06. The van der Waals surface area contributed by atoms with Crippen LogP contribution in [-0.4, -0.2) is 37.2 Å². The number of thioether (sulfide) groups is 1. The number of aromatic nitrogens is 1. The summed E-state index contributed by atoms with van der Waals surface area (Å²) < 4.78 is 0.267. The van der Waals surface area contributed by atoms with Gasteiger partial charge >= 0.3 is 5.97 Å². The van der Waals surface area contributed by atoms with Gasteiger partial charge in [0.05, 0.1) is 10.6 Å². The normalized spacial score (nSPS) is 18.6. The average Bonchev–Trinajstić information content (AvgIpc) is 2.67. The summed E-state index contributed by atoms with van der Waals surface area (Å²) in [6.45, 7) is 3.50. The quantitative estimate of drug-likeness (QED) is 0.678. The van der Waals surface area contributed by atoms with Crippen LogP contribution in [0.4, 0.5) is 0 Å². The van der Waals surface area contributed by atoms with Crippen LogP contribution in [0.2, 0.25) is 0 Å². The average molecular weight is 322 g/mol. The maximum atomic E-state index is 12.4. The van der Waals surface area contributed by atoms with Crippen molar-refractivity contribution in [2.75, 3.05) is 0 Å². The fraction of sp³-hybridized carbons (Fsp3) is 0.286. The molecule has 1 unspecified atom stereocenters. The number of carboxylic acids is 1. The molecule has 21 heavy (non-hydrogen) atoms. The first-order chi connectivity index (χ1) is 9.91. The number of hydrogen-bond acceptors (Lipinski definition) is 5. The molecule has 1 fully saturated rings. The van der Waals surface area contributed by atoms with Gasteiger partial charge in [-0.05, 0) is 24.1 Å². The lowest BCUT2D eigenvalue weighted by molar-refractivity contribution is -0.146. The molecule has 0 radical (unpaired) electrons. The van der Waals surface area contributed by atoms with Gasteiger partial charge in [0.2, 0.25) is 0 Å². The van der Waals surface area contributed by atoms with Gasteiger partial charge in [-0.1, -0.05) is 43.9 Å². The second-order valence-electron chi connectivity index (χ2n) is 4.83. The van der Waals surface area contributed by atoms with E-state index in [-0.39, 0.29) is 16.1 Å². The van der Waals surface area contributed by atoms with Crippen LogP contribution >= 0.6 is 24.0 Å². The van der Waals surface area contributed by atoms with Crippen molar-refractivity contribution in [3.8, 4) is 0 Å². The highest BCUT2D eigenvalue weighted by molar-refractivity contribution is 8.26. The van der Waals surface area contributed by atoms with Gasteiger partial charge in [-0.15, -0.1) is 0 Å². The van der Waals surface area contributed by atoms with Gasteiger partial charge < -0.3 is 5.11 Å². The third-order valence-corrected chi connectivity index (χ3v) is 4.28. The Morgan fingerprint density at radius 1 is 1.48 bits per heavy atom. The summed E-state index contributed by atoms with van der Waals surface area (Å²) in [5.41, 5.74) is 0.634. The van der Waals surface area contributed by atoms with Crippen LogP contribution in [0.25, 0.3) is 6.08 Å². The van der Waals surface area contributed by atoms with Gasteiger partial charge in [0.25, 0.3) is 5.91 Å². The van der Waals surface area contributed by atoms with E-state index in [9.17, 15) is 14.7 Å². The molecule has 0 aliphatic carbocycles. The standard InChI is InChI=1S/C14H14N2O3S2/c1-8(2)11(13(18)19)16-12(17)10(21-14(16)20)7-9-5-3-4-6-15-9/h3-8,11H,1-2H3,(H,18,19). The summed E-state index contributed by atoms with van der Waals surface area (Å²) in [5, 5.41) is 9.32. The highest BCUT2D eigenvalue weighted by Gasteiger charge is 2.41. The fourth-order valence-electron chi connectivity index (χ4n) is 2.01. The Balaban J connectivity index is 2.32. The predicted octanol–water partition coefficient (Wildman–Crippen LogP) is 2.39. The van der Waals surface area contributed by atoms with Crippen LogP contribution < -0.4 is 0 Å². The van der Waals surface area contributed by atoms with E-state index in [4.69, 9.17) is 12.2 Å². The lowest BCUT2D eigenvalue weighted by atomic mass is 10.0. The zero-order valence-corrected chi connectivity index (χ0v) is 13.1. The molecule has 1 saturated heterocycles. The highest BCUT2D eigenvalue weighted by Crippen LogP contribution is 2.35. The number of aliphatic carboxylic acids is 1. The Kier molecular flexibility index (Phi) is 4.74. The van der Waals surface area contributed by atoms with Gasteiger partial charge in [0.1, 0.15) is 10.4 Å². The zero-order chi connectivity index (χ0) is 15.6. The van der Waals surface area contributed by atoms with Crippen molar-refractivity contribution < 1.29 is 14.7 Å². The first-order valence-electron chi connectivity index (χ1n) is 6.32. The molecule has 1 N–H and O–H groups in total. The van der Waals surface area contributed by atoms with Crippen molar-refractivity contribution in [1.29, 1.82) is 0 Å². The molecule has 0 bridgehead atoms. The number of carbonyl (C=O) groups is 2. The summed E-state index contributed by atoms with van der Waals surface area (Å²) in [4.78, 5) is 29.5. The molecular weight excluding hydrogens is 308 g/mol. The molecular formula is C14H14N2O3S2.